The van der Waals surface area contributed by atoms with Crippen LogP contribution in [-0.2, 0) is 4.74 Å². The van der Waals surface area contributed by atoms with Gasteiger partial charge in [-0.05, 0) is 44.0 Å². The maximum absolute atomic E-state index is 12.1. The van der Waals surface area contributed by atoms with Crippen LogP contribution in [0.4, 0.5) is 10.5 Å². The second-order valence-electron chi connectivity index (χ2n) is 5.02. The number of ketones is 1. The monoisotopic (exact) mass is 276 g/mol. The zero-order valence-electron chi connectivity index (χ0n) is 11.9. The fourth-order valence-corrected chi connectivity index (χ4v) is 2.24. The summed E-state index contributed by atoms with van der Waals surface area (Å²) in [5.41, 5.74) is 1.33. The standard InChI is InChI=1S/C15H20N2O3/c1-11(18)12-3-5-13(6-4-12)16-15(19)17(2)14-7-9-20-10-8-14/h3-6,14H,7-10H2,1-2H3,(H,16,19). The van der Waals surface area contributed by atoms with Crippen molar-refractivity contribution in [1.29, 1.82) is 0 Å². The molecule has 0 radical (unpaired) electrons. The van der Waals surface area contributed by atoms with Crippen molar-refractivity contribution in [1.82, 2.24) is 4.90 Å². The van der Waals surface area contributed by atoms with E-state index in [1.807, 2.05) is 0 Å². The molecular formula is C15H20N2O3. The number of carbonyl (C=O) groups excluding carboxylic acids is 2. The van der Waals surface area contributed by atoms with Gasteiger partial charge in [-0.3, -0.25) is 4.79 Å². The lowest BCUT2D eigenvalue weighted by Crippen LogP contribution is -2.42. The van der Waals surface area contributed by atoms with Gasteiger partial charge in [0.2, 0.25) is 0 Å². The van der Waals surface area contributed by atoms with Crippen LogP contribution in [0.15, 0.2) is 24.3 Å². The second-order valence-corrected chi connectivity index (χ2v) is 5.02. The van der Waals surface area contributed by atoms with Crippen molar-refractivity contribution in [3.8, 4) is 0 Å². The Kier molecular flexibility index (Phi) is 4.74. The number of benzene rings is 1. The van der Waals surface area contributed by atoms with Crippen LogP contribution in [0.5, 0.6) is 0 Å². The average Bonchev–Trinajstić information content (AvgIpc) is 2.48. The van der Waals surface area contributed by atoms with E-state index in [1.165, 1.54) is 6.92 Å². The van der Waals surface area contributed by atoms with Crippen LogP contribution in [0.1, 0.15) is 30.1 Å². The molecule has 0 aromatic heterocycles. The molecule has 1 aliphatic heterocycles. The highest BCUT2D eigenvalue weighted by molar-refractivity contribution is 5.95. The lowest BCUT2D eigenvalue weighted by Gasteiger charge is -2.31. The van der Waals surface area contributed by atoms with E-state index in [0.29, 0.717) is 24.5 Å². The molecule has 1 saturated heterocycles. The lowest BCUT2D eigenvalue weighted by atomic mass is 10.1. The van der Waals surface area contributed by atoms with E-state index in [9.17, 15) is 9.59 Å². The molecular weight excluding hydrogens is 256 g/mol. The van der Waals surface area contributed by atoms with Crippen LogP contribution < -0.4 is 5.32 Å². The Morgan fingerprint density at radius 3 is 2.35 bits per heavy atom. The number of hydrogen-bond acceptors (Lipinski definition) is 3. The summed E-state index contributed by atoms with van der Waals surface area (Å²) in [5, 5.41) is 2.84. The fourth-order valence-electron chi connectivity index (χ4n) is 2.24. The Balaban J connectivity index is 1.94. The molecule has 5 heteroatoms. The third kappa shape index (κ3) is 3.57. The Morgan fingerprint density at radius 2 is 1.80 bits per heavy atom. The molecule has 20 heavy (non-hydrogen) atoms. The van der Waals surface area contributed by atoms with Gasteiger partial charge in [0, 0.05) is 37.6 Å². The second kappa shape index (κ2) is 6.52. The van der Waals surface area contributed by atoms with Gasteiger partial charge in [0.05, 0.1) is 0 Å². The van der Waals surface area contributed by atoms with Gasteiger partial charge in [0.1, 0.15) is 0 Å². The third-order valence-electron chi connectivity index (χ3n) is 3.60. The maximum atomic E-state index is 12.1. The molecule has 1 N–H and O–H groups in total. The van der Waals surface area contributed by atoms with Crippen molar-refractivity contribution in [3.63, 3.8) is 0 Å². The van der Waals surface area contributed by atoms with Gasteiger partial charge in [-0.2, -0.15) is 0 Å². The number of nitrogens with zero attached hydrogens (tertiary/aromatic N) is 1. The summed E-state index contributed by atoms with van der Waals surface area (Å²) >= 11 is 0. The van der Waals surface area contributed by atoms with Crippen LogP contribution in [0.2, 0.25) is 0 Å². The molecule has 0 atom stereocenters. The van der Waals surface area contributed by atoms with E-state index in [4.69, 9.17) is 4.74 Å². The first-order valence-electron chi connectivity index (χ1n) is 6.80. The van der Waals surface area contributed by atoms with Crippen molar-refractivity contribution in [2.24, 2.45) is 0 Å². The summed E-state index contributed by atoms with van der Waals surface area (Å²) < 4.78 is 5.29. The molecule has 108 valence electrons. The van der Waals surface area contributed by atoms with Crippen LogP contribution >= 0.6 is 0 Å². The van der Waals surface area contributed by atoms with E-state index >= 15 is 0 Å². The molecule has 0 spiro atoms. The molecule has 1 heterocycles. The first kappa shape index (κ1) is 14.5. The van der Waals surface area contributed by atoms with E-state index in [1.54, 1.807) is 36.2 Å². The Hall–Kier alpha value is -1.88. The number of amides is 2. The van der Waals surface area contributed by atoms with Gasteiger partial charge in [-0.25, -0.2) is 4.79 Å². The van der Waals surface area contributed by atoms with Gasteiger partial charge < -0.3 is 15.0 Å². The highest BCUT2D eigenvalue weighted by atomic mass is 16.5. The molecule has 0 bridgehead atoms. The minimum atomic E-state index is -0.132. The minimum absolute atomic E-state index is 0.0159. The Bertz CT molecular complexity index is 478. The molecule has 2 rings (SSSR count). The molecule has 1 aromatic carbocycles. The summed E-state index contributed by atoms with van der Waals surface area (Å²) in [6, 6.07) is 7.00. The molecule has 0 aliphatic carbocycles. The zero-order valence-corrected chi connectivity index (χ0v) is 11.9. The highest BCUT2D eigenvalue weighted by Gasteiger charge is 2.22. The molecule has 1 aromatic rings. The van der Waals surface area contributed by atoms with Crippen molar-refractivity contribution in [2.75, 3.05) is 25.6 Å². The fraction of sp³-hybridized carbons (Fsp3) is 0.467. The first-order chi connectivity index (χ1) is 9.58. The Morgan fingerprint density at radius 1 is 1.20 bits per heavy atom. The quantitative estimate of drug-likeness (QED) is 0.863. The van der Waals surface area contributed by atoms with E-state index in [2.05, 4.69) is 5.32 Å². The molecule has 1 fully saturated rings. The van der Waals surface area contributed by atoms with Crippen LogP contribution in [0, 0.1) is 0 Å². The van der Waals surface area contributed by atoms with Crippen LogP contribution in [0.25, 0.3) is 0 Å². The number of ether oxygens (including phenoxy) is 1. The Labute approximate surface area is 118 Å². The summed E-state index contributed by atoms with van der Waals surface area (Å²) in [7, 11) is 1.80. The van der Waals surface area contributed by atoms with E-state index in [-0.39, 0.29) is 17.9 Å². The van der Waals surface area contributed by atoms with Crippen molar-refractivity contribution in [3.05, 3.63) is 29.8 Å². The molecule has 0 unspecified atom stereocenters. The molecule has 1 aliphatic rings. The average molecular weight is 276 g/mol. The zero-order chi connectivity index (χ0) is 14.5. The number of urea groups is 1. The van der Waals surface area contributed by atoms with Crippen LogP contribution in [0.3, 0.4) is 0 Å². The predicted octanol–water partition coefficient (Wildman–Crippen LogP) is 2.53. The topological polar surface area (TPSA) is 58.6 Å². The summed E-state index contributed by atoms with van der Waals surface area (Å²) in [6.07, 6.45) is 1.74. The number of anilines is 1. The van der Waals surface area contributed by atoms with E-state index in [0.717, 1.165) is 12.8 Å². The number of carbonyl (C=O) groups is 2. The largest absolute Gasteiger partial charge is 0.381 e. The van der Waals surface area contributed by atoms with E-state index < -0.39 is 0 Å². The minimum Gasteiger partial charge on any atom is -0.381 e. The van der Waals surface area contributed by atoms with Crippen molar-refractivity contribution >= 4 is 17.5 Å². The van der Waals surface area contributed by atoms with Gasteiger partial charge in [-0.1, -0.05) is 0 Å². The van der Waals surface area contributed by atoms with Gasteiger partial charge in [0.15, 0.2) is 5.78 Å². The normalized spacial score (nSPS) is 15.7. The number of rotatable bonds is 3. The SMILES string of the molecule is CC(=O)c1ccc(NC(=O)N(C)C2CCOCC2)cc1. The maximum Gasteiger partial charge on any atom is 0.321 e. The van der Waals surface area contributed by atoms with Crippen molar-refractivity contribution < 1.29 is 14.3 Å². The van der Waals surface area contributed by atoms with Crippen LogP contribution in [-0.4, -0.2) is 43.0 Å². The molecule has 5 nitrogen and oxygen atoms in total. The van der Waals surface area contributed by atoms with Crippen molar-refractivity contribution in [2.45, 2.75) is 25.8 Å². The number of nitrogens with one attached hydrogen (secondary N) is 1. The number of Topliss-reactive ketones (excluding diaryl/α,β-unsaturated/α-hetero) is 1. The van der Waals surface area contributed by atoms with Gasteiger partial charge in [-0.15, -0.1) is 0 Å². The summed E-state index contributed by atoms with van der Waals surface area (Å²) in [5.74, 6) is 0.0159. The van der Waals surface area contributed by atoms with Gasteiger partial charge in [0.25, 0.3) is 0 Å². The van der Waals surface area contributed by atoms with Gasteiger partial charge >= 0.3 is 6.03 Å². The third-order valence-corrected chi connectivity index (χ3v) is 3.60. The molecule has 2 amide bonds. The number of hydrogen-bond donors (Lipinski definition) is 1. The smallest absolute Gasteiger partial charge is 0.321 e. The summed E-state index contributed by atoms with van der Waals surface area (Å²) in [4.78, 5) is 25.0. The lowest BCUT2D eigenvalue weighted by molar-refractivity contribution is 0.0544. The molecule has 0 saturated carbocycles. The highest BCUT2D eigenvalue weighted by Crippen LogP contribution is 2.15. The first-order valence-corrected chi connectivity index (χ1v) is 6.80. The summed E-state index contributed by atoms with van der Waals surface area (Å²) in [6.45, 7) is 2.93. The predicted molar refractivity (Wildman–Crippen MR) is 77.1 cm³/mol.